The summed E-state index contributed by atoms with van der Waals surface area (Å²) < 4.78 is 0. The molecule has 1 atom stereocenters. The summed E-state index contributed by atoms with van der Waals surface area (Å²) in [6.45, 7) is 4.04. The molecule has 2 saturated heterocycles. The van der Waals surface area contributed by atoms with Gasteiger partial charge in [-0.15, -0.1) is 0 Å². The Morgan fingerprint density at radius 2 is 2.22 bits per heavy atom. The fraction of sp³-hybridized carbons (Fsp3) is 0.647. The van der Waals surface area contributed by atoms with Gasteiger partial charge in [0.25, 0.3) is 0 Å². The molecule has 0 spiro atoms. The molecule has 126 valence electrons. The molecule has 23 heavy (non-hydrogen) atoms. The Morgan fingerprint density at radius 1 is 1.35 bits per heavy atom. The molecular formula is C17H27N5S. The topological polar surface area (TPSA) is 52.6 Å². The fourth-order valence-corrected chi connectivity index (χ4v) is 4.31. The molecule has 6 heteroatoms. The molecule has 0 aliphatic carbocycles. The second-order valence-electron chi connectivity index (χ2n) is 6.16. The molecule has 0 aromatic carbocycles. The van der Waals surface area contributed by atoms with Crippen molar-refractivity contribution in [2.75, 3.05) is 37.3 Å². The molecule has 2 fully saturated rings. The van der Waals surface area contributed by atoms with Gasteiger partial charge in [0.05, 0.1) is 0 Å². The van der Waals surface area contributed by atoms with Gasteiger partial charge in [-0.2, -0.15) is 11.8 Å². The zero-order valence-corrected chi connectivity index (χ0v) is 14.7. The molecule has 1 aromatic rings. The first-order valence-electron chi connectivity index (χ1n) is 8.61. The summed E-state index contributed by atoms with van der Waals surface area (Å²) in [6, 6.07) is 4.27. The maximum atomic E-state index is 4.51. The molecule has 0 saturated carbocycles. The van der Waals surface area contributed by atoms with Gasteiger partial charge in [-0.25, -0.2) is 4.98 Å². The predicted molar refractivity (Wildman–Crippen MR) is 99.4 cm³/mol. The van der Waals surface area contributed by atoms with E-state index in [0.717, 1.165) is 43.2 Å². The third kappa shape index (κ3) is 4.77. The van der Waals surface area contributed by atoms with Gasteiger partial charge in [-0.1, -0.05) is 0 Å². The number of rotatable bonds is 5. The summed E-state index contributed by atoms with van der Waals surface area (Å²) in [5.74, 6) is 3.29. The number of nitrogens with zero attached hydrogens (tertiary/aromatic N) is 3. The molecule has 1 aromatic heterocycles. The Hall–Kier alpha value is -1.43. The summed E-state index contributed by atoms with van der Waals surface area (Å²) in [4.78, 5) is 11.2. The molecule has 0 bridgehead atoms. The van der Waals surface area contributed by atoms with Crippen LogP contribution in [0.25, 0.3) is 0 Å². The van der Waals surface area contributed by atoms with Crippen molar-refractivity contribution in [1.82, 2.24) is 15.6 Å². The Balaban J connectivity index is 1.49. The molecule has 0 radical (unpaired) electrons. The van der Waals surface area contributed by atoms with E-state index in [9.17, 15) is 0 Å². The molecule has 3 heterocycles. The summed E-state index contributed by atoms with van der Waals surface area (Å²) in [7, 11) is 1.83. The second kappa shape index (κ2) is 8.43. The molecule has 2 aliphatic heterocycles. The first kappa shape index (κ1) is 16.4. The van der Waals surface area contributed by atoms with Crippen LogP contribution >= 0.6 is 11.8 Å². The van der Waals surface area contributed by atoms with E-state index in [0.29, 0.717) is 0 Å². The molecule has 0 amide bonds. The third-order valence-corrected chi connectivity index (χ3v) is 5.84. The fourth-order valence-electron chi connectivity index (χ4n) is 3.11. The quantitative estimate of drug-likeness (QED) is 0.639. The van der Waals surface area contributed by atoms with Gasteiger partial charge >= 0.3 is 0 Å². The van der Waals surface area contributed by atoms with Crippen LogP contribution in [0.5, 0.6) is 0 Å². The highest BCUT2D eigenvalue weighted by Gasteiger charge is 2.16. The van der Waals surface area contributed by atoms with Crippen LogP contribution in [0.4, 0.5) is 5.82 Å². The van der Waals surface area contributed by atoms with Crippen molar-refractivity contribution in [2.24, 2.45) is 4.99 Å². The van der Waals surface area contributed by atoms with Crippen LogP contribution < -0.4 is 15.5 Å². The van der Waals surface area contributed by atoms with Crippen molar-refractivity contribution in [2.45, 2.75) is 37.5 Å². The minimum Gasteiger partial charge on any atom is -0.357 e. The van der Waals surface area contributed by atoms with Crippen molar-refractivity contribution >= 4 is 23.5 Å². The van der Waals surface area contributed by atoms with Gasteiger partial charge in [-0.3, -0.25) is 4.99 Å². The Morgan fingerprint density at radius 3 is 2.96 bits per heavy atom. The Kier molecular flexibility index (Phi) is 6.02. The van der Waals surface area contributed by atoms with E-state index in [-0.39, 0.29) is 0 Å². The van der Waals surface area contributed by atoms with E-state index in [1.807, 2.05) is 13.2 Å². The van der Waals surface area contributed by atoms with E-state index in [2.05, 4.69) is 49.4 Å². The van der Waals surface area contributed by atoms with E-state index >= 15 is 0 Å². The monoisotopic (exact) mass is 333 g/mol. The van der Waals surface area contributed by atoms with E-state index in [1.165, 1.54) is 37.0 Å². The van der Waals surface area contributed by atoms with Gasteiger partial charge in [0, 0.05) is 44.7 Å². The summed E-state index contributed by atoms with van der Waals surface area (Å²) >= 11 is 2.07. The molecule has 2 aliphatic rings. The maximum absolute atomic E-state index is 4.51. The summed E-state index contributed by atoms with van der Waals surface area (Å²) in [5.41, 5.74) is 1.25. The number of hydrogen-bond acceptors (Lipinski definition) is 4. The van der Waals surface area contributed by atoms with Crippen LogP contribution in [0, 0.1) is 0 Å². The molecule has 2 N–H and O–H groups in total. The Bertz CT molecular complexity index is 521. The minimum atomic E-state index is 0.733. The number of aliphatic imine (C=N–C) groups is 1. The molecule has 5 nitrogen and oxygen atoms in total. The highest BCUT2D eigenvalue weighted by atomic mass is 32.2. The number of nitrogens with one attached hydrogen (secondary N) is 2. The number of anilines is 1. The lowest BCUT2D eigenvalue weighted by molar-refractivity contribution is 0.725. The van der Waals surface area contributed by atoms with Crippen molar-refractivity contribution in [3.63, 3.8) is 0 Å². The number of thioether (sulfide) groups is 1. The van der Waals surface area contributed by atoms with Crippen LogP contribution in [0.15, 0.2) is 23.3 Å². The zero-order valence-electron chi connectivity index (χ0n) is 13.9. The number of hydrogen-bond donors (Lipinski definition) is 2. The SMILES string of the molecule is CN=C(NCc1ccnc(N2CCCC2)c1)NCC1CCCS1. The van der Waals surface area contributed by atoms with E-state index < -0.39 is 0 Å². The molecular weight excluding hydrogens is 306 g/mol. The van der Waals surface area contributed by atoms with E-state index in [1.54, 1.807) is 0 Å². The third-order valence-electron chi connectivity index (χ3n) is 4.44. The number of guanidine groups is 1. The van der Waals surface area contributed by atoms with Gasteiger partial charge in [-0.05, 0) is 49.1 Å². The predicted octanol–water partition coefficient (Wildman–Crippen LogP) is 2.24. The van der Waals surface area contributed by atoms with Crippen molar-refractivity contribution in [3.05, 3.63) is 23.9 Å². The van der Waals surface area contributed by atoms with Crippen LogP contribution in [-0.2, 0) is 6.54 Å². The van der Waals surface area contributed by atoms with Crippen LogP contribution in [0.2, 0.25) is 0 Å². The lowest BCUT2D eigenvalue weighted by atomic mass is 10.2. The van der Waals surface area contributed by atoms with Crippen molar-refractivity contribution < 1.29 is 0 Å². The van der Waals surface area contributed by atoms with Crippen LogP contribution in [-0.4, -0.2) is 48.6 Å². The first-order valence-corrected chi connectivity index (χ1v) is 9.66. The smallest absolute Gasteiger partial charge is 0.191 e. The summed E-state index contributed by atoms with van der Waals surface area (Å²) in [6.07, 6.45) is 7.13. The minimum absolute atomic E-state index is 0.733. The highest BCUT2D eigenvalue weighted by molar-refractivity contribution is 8.00. The average molecular weight is 334 g/mol. The van der Waals surface area contributed by atoms with E-state index in [4.69, 9.17) is 0 Å². The lowest BCUT2D eigenvalue weighted by Gasteiger charge is -2.18. The standard InChI is InChI=1S/C17H27N5S/c1-18-17(21-13-15-5-4-10-23-15)20-12-14-6-7-19-16(11-14)22-8-2-3-9-22/h6-7,11,15H,2-5,8-10,12-13H2,1H3,(H2,18,20,21). The second-order valence-corrected chi connectivity index (χ2v) is 7.57. The van der Waals surface area contributed by atoms with Crippen LogP contribution in [0.3, 0.4) is 0 Å². The van der Waals surface area contributed by atoms with Crippen molar-refractivity contribution in [3.8, 4) is 0 Å². The van der Waals surface area contributed by atoms with Gasteiger partial charge in [0.1, 0.15) is 5.82 Å². The van der Waals surface area contributed by atoms with Crippen molar-refractivity contribution in [1.29, 1.82) is 0 Å². The summed E-state index contributed by atoms with van der Waals surface area (Å²) in [5, 5.41) is 7.59. The number of aromatic nitrogens is 1. The normalized spacial score (nSPS) is 21.7. The maximum Gasteiger partial charge on any atom is 0.191 e. The lowest BCUT2D eigenvalue weighted by Crippen LogP contribution is -2.39. The number of pyridine rings is 1. The van der Waals surface area contributed by atoms with Gasteiger partial charge < -0.3 is 15.5 Å². The average Bonchev–Trinajstić information content (AvgIpc) is 3.29. The molecule has 1 unspecified atom stereocenters. The van der Waals surface area contributed by atoms with Gasteiger partial charge in [0.15, 0.2) is 5.96 Å². The first-order chi connectivity index (χ1) is 11.3. The largest absolute Gasteiger partial charge is 0.357 e. The highest BCUT2D eigenvalue weighted by Crippen LogP contribution is 2.25. The zero-order chi connectivity index (χ0) is 15.9. The molecule has 3 rings (SSSR count). The van der Waals surface area contributed by atoms with Gasteiger partial charge in [0.2, 0.25) is 0 Å². The Labute approximate surface area is 143 Å². The van der Waals surface area contributed by atoms with Crippen LogP contribution in [0.1, 0.15) is 31.2 Å².